The predicted octanol–water partition coefficient (Wildman–Crippen LogP) is 2.56. The zero-order valence-corrected chi connectivity index (χ0v) is 12.5. The molecule has 0 aliphatic rings. The average molecular weight is 392 g/mol. The van der Waals surface area contributed by atoms with E-state index in [1.807, 2.05) is 0 Å². The fourth-order valence-electron chi connectivity index (χ4n) is 1.47. The standard InChI is InChI=1S/C12H9IO5S/c13-9-3-1-8(2-4-9)7-19(16,17)11-6-5-10(18-11)12(14)15/h1-6H,7H2,(H,14,15). The maximum Gasteiger partial charge on any atom is 0.371 e. The Kier molecular flexibility index (Phi) is 3.95. The third-order valence-corrected chi connectivity index (χ3v) is 4.63. The molecule has 1 heterocycles. The lowest BCUT2D eigenvalue weighted by molar-refractivity contribution is 0.0656. The van der Waals surface area contributed by atoms with E-state index in [0.29, 0.717) is 5.56 Å². The molecule has 0 bridgehead atoms. The van der Waals surface area contributed by atoms with Crippen LogP contribution in [0.5, 0.6) is 0 Å². The molecular weight excluding hydrogens is 383 g/mol. The lowest BCUT2D eigenvalue weighted by Gasteiger charge is -2.01. The lowest BCUT2D eigenvalue weighted by atomic mass is 10.2. The Morgan fingerprint density at radius 1 is 1.16 bits per heavy atom. The fourth-order valence-corrected chi connectivity index (χ4v) is 3.10. The van der Waals surface area contributed by atoms with Gasteiger partial charge in [-0.2, -0.15) is 0 Å². The van der Waals surface area contributed by atoms with Gasteiger partial charge in [0.25, 0.3) is 0 Å². The first kappa shape index (κ1) is 14.1. The molecule has 0 aliphatic carbocycles. The highest BCUT2D eigenvalue weighted by Gasteiger charge is 2.21. The Morgan fingerprint density at radius 3 is 2.32 bits per heavy atom. The molecule has 19 heavy (non-hydrogen) atoms. The minimum Gasteiger partial charge on any atom is -0.475 e. The summed E-state index contributed by atoms with van der Waals surface area (Å²) in [5.41, 5.74) is 0.619. The number of halogens is 1. The quantitative estimate of drug-likeness (QED) is 0.809. The summed E-state index contributed by atoms with van der Waals surface area (Å²) < 4.78 is 29.9. The van der Waals surface area contributed by atoms with E-state index in [9.17, 15) is 13.2 Å². The molecule has 0 aliphatic heterocycles. The van der Waals surface area contributed by atoms with Gasteiger partial charge in [-0.1, -0.05) is 12.1 Å². The molecule has 1 aromatic carbocycles. The van der Waals surface area contributed by atoms with Crippen molar-refractivity contribution in [3.63, 3.8) is 0 Å². The van der Waals surface area contributed by atoms with Crippen molar-refractivity contribution in [2.45, 2.75) is 10.8 Å². The Labute approximate surface area is 123 Å². The molecule has 0 fully saturated rings. The van der Waals surface area contributed by atoms with Crippen molar-refractivity contribution >= 4 is 38.4 Å². The molecule has 7 heteroatoms. The van der Waals surface area contributed by atoms with Gasteiger partial charge < -0.3 is 9.52 Å². The second-order valence-electron chi connectivity index (χ2n) is 3.81. The topological polar surface area (TPSA) is 84.6 Å². The van der Waals surface area contributed by atoms with Crippen LogP contribution in [0.15, 0.2) is 45.9 Å². The number of aromatic carboxylic acids is 1. The second kappa shape index (κ2) is 5.33. The van der Waals surface area contributed by atoms with Gasteiger partial charge in [0.05, 0.1) is 5.75 Å². The van der Waals surface area contributed by atoms with Crippen molar-refractivity contribution in [2.24, 2.45) is 0 Å². The highest BCUT2D eigenvalue weighted by Crippen LogP contribution is 2.19. The third-order valence-electron chi connectivity index (χ3n) is 2.37. The van der Waals surface area contributed by atoms with Gasteiger partial charge in [-0.3, -0.25) is 0 Å². The highest BCUT2D eigenvalue weighted by molar-refractivity contribution is 14.1. The summed E-state index contributed by atoms with van der Waals surface area (Å²) in [4.78, 5) is 10.6. The van der Waals surface area contributed by atoms with Gasteiger partial charge in [0.15, 0.2) is 0 Å². The zero-order valence-electron chi connectivity index (χ0n) is 9.54. The van der Waals surface area contributed by atoms with Crippen molar-refractivity contribution in [1.82, 2.24) is 0 Å². The maximum atomic E-state index is 12.0. The molecule has 0 saturated heterocycles. The van der Waals surface area contributed by atoms with Crippen LogP contribution in [0.25, 0.3) is 0 Å². The third kappa shape index (κ3) is 3.35. The van der Waals surface area contributed by atoms with Crippen molar-refractivity contribution in [3.05, 3.63) is 51.3 Å². The predicted molar refractivity (Wildman–Crippen MR) is 75.7 cm³/mol. The van der Waals surface area contributed by atoms with E-state index >= 15 is 0 Å². The Bertz CT molecular complexity index is 700. The van der Waals surface area contributed by atoms with Crippen LogP contribution in [-0.2, 0) is 15.6 Å². The fraction of sp³-hybridized carbons (Fsp3) is 0.0833. The number of carboxylic acids is 1. The summed E-state index contributed by atoms with van der Waals surface area (Å²) >= 11 is 2.12. The molecular formula is C12H9IO5S. The first-order valence-electron chi connectivity index (χ1n) is 5.19. The van der Waals surface area contributed by atoms with Crippen LogP contribution in [0.1, 0.15) is 16.1 Å². The zero-order chi connectivity index (χ0) is 14.0. The molecule has 0 radical (unpaired) electrons. The number of carboxylic acid groups (broad SMARTS) is 1. The number of sulfone groups is 1. The van der Waals surface area contributed by atoms with Gasteiger partial charge in [0, 0.05) is 3.57 Å². The Morgan fingerprint density at radius 2 is 1.79 bits per heavy atom. The Balaban J connectivity index is 2.26. The van der Waals surface area contributed by atoms with Crippen LogP contribution < -0.4 is 0 Å². The summed E-state index contributed by atoms with van der Waals surface area (Å²) in [5, 5.41) is 8.36. The van der Waals surface area contributed by atoms with Crippen LogP contribution in [0.4, 0.5) is 0 Å². The average Bonchev–Trinajstić information content (AvgIpc) is 2.82. The van der Waals surface area contributed by atoms with Crippen molar-refractivity contribution < 1.29 is 22.7 Å². The number of carbonyl (C=O) groups is 1. The minimum atomic E-state index is -3.67. The molecule has 100 valence electrons. The largest absolute Gasteiger partial charge is 0.475 e. The van der Waals surface area contributed by atoms with Gasteiger partial charge in [-0.05, 0) is 52.4 Å². The Hall–Kier alpha value is -1.35. The van der Waals surface area contributed by atoms with Crippen LogP contribution in [0.2, 0.25) is 0 Å². The molecule has 0 unspecified atom stereocenters. The molecule has 1 aromatic heterocycles. The van der Waals surface area contributed by atoms with Crippen LogP contribution >= 0.6 is 22.6 Å². The first-order chi connectivity index (χ1) is 8.88. The van der Waals surface area contributed by atoms with E-state index < -0.39 is 15.8 Å². The smallest absolute Gasteiger partial charge is 0.371 e. The summed E-state index contributed by atoms with van der Waals surface area (Å²) in [7, 11) is -3.67. The van der Waals surface area contributed by atoms with Gasteiger partial charge in [0.2, 0.25) is 20.7 Å². The molecule has 2 rings (SSSR count). The number of furan rings is 1. The minimum absolute atomic E-state index is 0.226. The molecule has 2 aromatic rings. The number of benzene rings is 1. The second-order valence-corrected chi connectivity index (χ2v) is 6.98. The lowest BCUT2D eigenvalue weighted by Crippen LogP contribution is -2.04. The molecule has 0 amide bonds. The highest BCUT2D eigenvalue weighted by atomic mass is 127. The van der Waals surface area contributed by atoms with Gasteiger partial charge in [0.1, 0.15) is 0 Å². The summed E-state index contributed by atoms with van der Waals surface area (Å²) in [6.45, 7) is 0. The summed E-state index contributed by atoms with van der Waals surface area (Å²) in [5.74, 6) is -1.91. The van der Waals surface area contributed by atoms with Crippen LogP contribution in [0.3, 0.4) is 0 Å². The van der Waals surface area contributed by atoms with Crippen LogP contribution in [0, 0.1) is 3.57 Å². The number of hydrogen-bond acceptors (Lipinski definition) is 4. The summed E-state index contributed by atoms with van der Waals surface area (Å²) in [6.07, 6.45) is 0. The SMILES string of the molecule is O=C(O)c1ccc(S(=O)(=O)Cc2ccc(I)cc2)o1. The number of rotatable bonds is 4. The van der Waals surface area contributed by atoms with Gasteiger partial charge >= 0.3 is 5.97 Å². The van der Waals surface area contributed by atoms with E-state index in [1.54, 1.807) is 24.3 Å². The molecule has 0 saturated carbocycles. The van der Waals surface area contributed by atoms with Crippen molar-refractivity contribution in [3.8, 4) is 0 Å². The van der Waals surface area contributed by atoms with Gasteiger partial charge in [-0.15, -0.1) is 0 Å². The molecule has 0 spiro atoms. The first-order valence-corrected chi connectivity index (χ1v) is 7.92. The van der Waals surface area contributed by atoms with Crippen molar-refractivity contribution in [1.29, 1.82) is 0 Å². The van der Waals surface area contributed by atoms with E-state index in [2.05, 4.69) is 22.6 Å². The van der Waals surface area contributed by atoms with Gasteiger partial charge in [-0.25, -0.2) is 13.2 Å². The molecule has 1 N–H and O–H groups in total. The molecule has 5 nitrogen and oxygen atoms in total. The van der Waals surface area contributed by atoms with E-state index in [0.717, 1.165) is 15.7 Å². The van der Waals surface area contributed by atoms with E-state index in [1.165, 1.54) is 0 Å². The van der Waals surface area contributed by atoms with Crippen molar-refractivity contribution in [2.75, 3.05) is 0 Å². The maximum absolute atomic E-state index is 12.0. The summed E-state index contributed by atoms with van der Waals surface area (Å²) in [6, 6.07) is 9.31. The van der Waals surface area contributed by atoms with E-state index in [4.69, 9.17) is 9.52 Å². The molecule has 0 atom stereocenters. The van der Waals surface area contributed by atoms with E-state index in [-0.39, 0.29) is 16.6 Å². The monoisotopic (exact) mass is 392 g/mol. The number of hydrogen-bond donors (Lipinski definition) is 1. The normalized spacial score (nSPS) is 11.4. The van der Waals surface area contributed by atoms with Crippen LogP contribution in [-0.4, -0.2) is 19.5 Å².